The van der Waals surface area contributed by atoms with Crippen molar-refractivity contribution in [2.24, 2.45) is 17.8 Å². The number of ether oxygens (including phenoxy) is 1. The van der Waals surface area contributed by atoms with E-state index in [4.69, 9.17) is 4.74 Å². The topological polar surface area (TPSA) is 46.5 Å². The predicted molar refractivity (Wildman–Crippen MR) is 118 cm³/mol. The van der Waals surface area contributed by atoms with E-state index in [1.807, 2.05) is 6.07 Å². The molecule has 0 radical (unpaired) electrons. The molecular weight excluding hydrogens is 360 g/mol. The summed E-state index contributed by atoms with van der Waals surface area (Å²) in [5.74, 6) is 0.526. The van der Waals surface area contributed by atoms with Crippen molar-refractivity contribution in [3.05, 3.63) is 48.0 Å². The molecule has 0 aliphatic heterocycles. The number of aliphatic hydroxyl groups excluding tert-OH is 1. The fourth-order valence-corrected chi connectivity index (χ4v) is 5.43. The first-order chi connectivity index (χ1) is 13.8. The van der Waals surface area contributed by atoms with Crippen LogP contribution >= 0.6 is 0 Å². The Kier molecular flexibility index (Phi) is 7.21. The molecule has 0 heterocycles. The van der Waals surface area contributed by atoms with Crippen LogP contribution in [0, 0.1) is 17.8 Å². The highest BCUT2D eigenvalue weighted by atomic mass is 16.5. The first kappa shape index (κ1) is 22.1. The minimum atomic E-state index is -0.774. The Morgan fingerprint density at radius 1 is 1.10 bits per heavy atom. The van der Waals surface area contributed by atoms with Crippen LogP contribution in [0.25, 0.3) is 0 Å². The molecule has 2 saturated carbocycles. The largest absolute Gasteiger partial charge is 0.459 e. The van der Waals surface area contributed by atoms with Crippen molar-refractivity contribution in [1.29, 1.82) is 0 Å². The van der Waals surface area contributed by atoms with Crippen LogP contribution in [0.15, 0.2) is 42.5 Å². The zero-order valence-electron chi connectivity index (χ0n) is 18.4. The number of benzene rings is 1. The molecule has 4 atom stereocenters. The summed E-state index contributed by atoms with van der Waals surface area (Å²) in [4.78, 5) is 12.9. The Balaban J connectivity index is 1.72. The van der Waals surface area contributed by atoms with Crippen LogP contribution in [-0.4, -0.2) is 23.3 Å². The van der Waals surface area contributed by atoms with Crippen molar-refractivity contribution in [3.63, 3.8) is 0 Å². The molecule has 0 spiro atoms. The van der Waals surface area contributed by atoms with Gasteiger partial charge >= 0.3 is 5.97 Å². The third-order valence-electron chi connectivity index (χ3n) is 7.47. The molecule has 3 rings (SSSR count). The SMILES string of the molecule is C=C(C(=O)O[C@@H]1C[C@H](C)CC[C@H]1C(C)(C)c1ccccc1)C(O)C1CCCCC1. The van der Waals surface area contributed by atoms with Gasteiger partial charge in [0.2, 0.25) is 0 Å². The van der Waals surface area contributed by atoms with Gasteiger partial charge in [-0.15, -0.1) is 0 Å². The quantitative estimate of drug-likeness (QED) is 0.486. The van der Waals surface area contributed by atoms with Crippen molar-refractivity contribution >= 4 is 5.97 Å². The molecule has 3 nitrogen and oxygen atoms in total. The maximum Gasteiger partial charge on any atom is 0.336 e. The van der Waals surface area contributed by atoms with Crippen LogP contribution < -0.4 is 0 Å². The molecule has 1 N–H and O–H groups in total. The molecule has 2 fully saturated rings. The number of esters is 1. The number of hydrogen-bond acceptors (Lipinski definition) is 3. The molecule has 2 aliphatic rings. The van der Waals surface area contributed by atoms with E-state index in [2.05, 4.69) is 51.6 Å². The summed E-state index contributed by atoms with van der Waals surface area (Å²) in [5, 5.41) is 10.7. The average molecular weight is 399 g/mol. The second-order valence-corrected chi connectivity index (χ2v) is 9.92. The van der Waals surface area contributed by atoms with Gasteiger partial charge < -0.3 is 9.84 Å². The smallest absolute Gasteiger partial charge is 0.336 e. The van der Waals surface area contributed by atoms with Crippen molar-refractivity contribution < 1.29 is 14.6 Å². The number of aliphatic hydroxyl groups is 1. The molecule has 3 heteroatoms. The molecule has 1 unspecified atom stereocenters. The molecule has 160 valence electrons. The van der Waals surface area contributed by atoms with Gasteiger partial charge in [-0.3, -0.25) is 0 Å². The molecule has 29 heavy (non-hydrogen) atoms. The van der Waals surface area contributed by atoms with Gasteiger partial charge in [-0.2, -0.15) is 0 Å². The van der Waals surface area contributed by atoms with Crippen molar-refractivity contribution in [1.82, 2.24) is 0 Å². The second kappa shape index (κ2) is 9.47. The Bertz CT molecular complexity index is 687. The highest BCUT2D eigenvalue weighted by Crippen LogP contribution is 2.44. The van der Waals surface area contributed by atoms with Gasteiger partial charge in [-0.25, -0.2) is 4.79 Å². The van der Waals surface area contributed by atoms with Gasteiger partial charge in [0, 0.05) is 5.92 Å². The van der Waals surface area contributed by atoms with Crippen molar-refractivity contribution in [2.45, 2.75) is 89.8 Å². The van der Waals surface area contributed by atoms with Crippen LogP contribution in [0.1, 0.15) is 77.7 Å². The standard InChI is InChI=1S/C26H38O3/c1-18-15-16-22(26(3,4)21-13-9-6-10-14-21)23(17-18)29-25(28)19(2)24(27)20-11-7-5-8-12-20/h6,9-10,13-14,18,20,22-24,27H,2,5,7-8,11-12,15-17H2,1,3-4H3/t18-,22-,23-,24?/m1/s1. The summed E-state index contributed by atoms with van der Waals surface area (Å²) < 4.78 is 6.06. The highest BCUT2D eigenvalue weighted by molar-refractivity contribution is 5.89. The zero-order valence-corrected chi connectivity index (χ0v) is 18.4. The van der Waals surface area contributed by atoms with Gasteiger partial charge in [0.15, 0.2) is 0 Å². The van der Waals surface area contributed by atoms with E-state index in [0.717, 1.165) is 44.9 Å². The number of rotatable bonds is 6. The van der Waals surface area contributed by atoms with Crippen LogP contribution in [0.5, 0.6) is 0 Å². The van der Waals surface area contributed by atoms with E-state index in [9.17, 15) is 9.90 Å². The fraction of sp³-hybridized carbons (Fsp3) is 0.654. The second-order valence-electron chi connectivity index (χ2n) is 9.92. The Morgan fingerprint density at radius 3 is 2.41 bits per heavy atom. The minimum absolute atomic E-state index is 0.0876. The normalized spacial score (nSPS) is 27.2. The summed E-state index contributed by atoms with van der Waals surface area (Å²) >= 11 is 0. The summed E-state index contributed by atoms with van der Waals surface area (Å²) in [6, 6.07) is 10.5. The van der Waals surface area contributed by atoms with Crippen molar-refractivity contribution in [3.8, 4) is 0 Å². The Hall–Kier alpha value is -1.61. The van der Waals surface area contributed by atoms with Gasteiger partial charge in [0.1, 0.15) is 6.10 Å². The average Bonchev–Trinajstić information content (AvgIpc) is 2.73. The van der Waals surface area contributed by atoms with Gasteiger partial charge in [-0.1, -0.05) is 83.4 Å². The molecule has 1 aromatic rings. The van der Waals surface area contributed by atoms with Gasteiger partial charge in [-0.05, 0) is 48.5 Å². The zero-order chi connectivity index (χ0) is 21.0. The molecule has 0 bridgehead atoms. The summed E-state index contributed by atoms with van der Waals surface area (Å²) in [6.45, 7) is 10.7. The third kappa shape index (κ3) is 5.12. The van der Waals surface area contributed by atoms with Crippen LogP contribution in [-0.2, 0) is 14.9 Å². The van der Waals surface area contributed by atoms with E-state index in [1.54, 1.807) is 0 Å². The molecule has 0 saturated heterocycles. The lowest BCUT2D eigenvalue weighted by molar-refractivity contribution is -0.153. The van der Waals surface area contributed by atoms with E-state index in [0.29, 0.717) is 5.92 Å². The Morgan fingerprint density at radius 2 is 1.76 bits per heavy atom. The number of carbonyl (C=O) groups excluding carboxylic acids is 1. The highest BCUT2D eigenvalue weighted by Gasteiger charge is 2.42. The first-order valence-corrected chi connectivity index (χ1v) is 11.4. The number of hydrogen-bond donors (Lipinski definition) is 1. The maximum atomic E-state index is 12.9. The minimum Gasteiger partial charge on any atom is -0.459 e. The van der Waals surface area contributed by atoms with Gasteiger partial charge in [0.05, 0.1) is 11.7 Å². The number of carbonyl (C=O) groups is 1. The van der Waals surface area contributed by atoms with Crippen LogP contribution in [0.4, 0.5) is 0 Å². The summed E-state index contributed by atoms with van der Waals surface area (Å²) in [7, 11) is 0. The molecule has 0 aromatic heterocycles. The van der Waals surface area contributed by atoms with E-state index in [1.165, 1.54) is 12.0 Å². The fourth-order valence-electron chi connectivity index (χ4n) is 5.43. The van der Waals surface area contributed by atoms with E-state index >= 15 is 0 Å². The summed E-state index contributed by atoms with van der Waals surface area (Å²) in [6.07, 6.45) is 7.56. The Labute approximate surface area is 176 Å². The van der Waals surface area contributed by atoms with Crippen LogP contribution in [0.3, 0.4) is 0 Å². The molecule has 2 aliphatic carbocycles. The monoisotopic (exact) mass is 398 g/mol. The lowest BCUT2D eigenvalue weighted by atomic mass is 9.64. The van der Waals surface area contributed by atoms with E-state index in [-0.39, 0.29) is 28.9 Å². The maximum absolute atomic E-state index is 12.9. The molecular formula is C26H38O3. The lowest BCUT2D eigenvalue weighted by Crippen LogP contribution is -2.44. The lowest BCUT2D eigenvalue weighted by Gasteiger charge is -2.44. The third-order valence-corrected chi connectivity index (χ3v) is 7.47. The van der Waals surface area contributed by atoms with Gasteiger partial charge in [0.25, 0.3) is 0 Å². The molecule has 0 amide bonds. The van der Waals surface area contributed by atoms with E-state index < -0.39 is 12.1 Å². The van der Waals surface area contributed by atoms with Crippen molar-refractivity contribution in [2.75, 3.05) is 0 Å². The van der Waals surface area contributed by atoms with Crippen LogP contribution in [0.2, 0.25) is 0 Å². The molecule has 1 aromatic carbocycles. The summed E-state index contributed by atoms with van der Waals surface area (Å²) in [5.41, 5.74) is 1.43. The predicted octanol–water partition coefficient (Wildman–Crippen LogP) is 5.81. The first-order valence-electron chi connectivity index (χ1n) is 11.4.